The van der Waals surface area contributed by atoms with Gasteiger partial charge in [-0.25, -0.2) is 4.79 Å². The van der Waals surface area contributed by atoms with Gasteiger partial charge in [-0.3, -0.25) is 14.7 Å². The summed E-state index contributed by atoms with van der Waals surface area (Å²) < 4.78 is 37.6. The molecule has 0 radical (unpaired) electrons. The number of carbonyl (C=O) groups is 2. The van der Waals surface area contributed by atoms with Crippen LogP contribution in [0.2, 0.25) is 0 Å². The van der Waals surface area contributed by atoms with E-state index in [4.69, 9.17) is 19.6 Å². The zero-order chi connectivity index (χ0) is 22.6. The Hall–Kier alpha value is -2.72. The maximum absolute atomic E-state index is 12.5. The minimum absolute atomic E-state index is 0.0539. The van der Waals surface area contributed by atoms with Crippen molar-refractivity contribution in [3.05, 3.63) is 42.1 Å². The summed E-state index contributed by atoms with van der Waals surface area (Å²) in [6.07, 6.45) is -3.32. The second kappa shape index (κ2) is 9.19. The second-order valence-corrected chi connectivity index (χ2v) is 7.64. The SMILES string of the molecule is CNC(=O)[C@@]12CCO[C@@H]1CCN(Cc1ccc3ccccc3n1)C2.O=C(O)C(F)(F)F. The van der Waals surface area contributed by atoms with Gasteiger partial charge in [-0.1, -0.05) is 24.3 Å². The standard InChI is InChI=1S/C19H23N3O2.C2HF3O2/c1-20-18(23)19-9-11-24-17(19)8-10-22(13-19)12-15-7-6-14-4-2-3-5-16(14)21-15;3-2(4,5)1(6)7/h2-7,17H,8-13H2,1H3,(H,20,23);(H,6,7)/t17-,19-;/m1./s1. The Bertz CT molecular complexity index is 953. The molecule has 3 heterocycles. The molecule has 4 rings (SSSR count). The summed E-state index contributed by atoms with van der Waals surface area (Å²) in [6, 6.07) is 12.4. The van der Waals surface area contributed by atoms with Crippen LogP contribution in [-0.4, -0.2) is 65.9 Å². The normalized spacial score (nSPS) is 23.5. The van der Waals surface area contributed by atoms with Gasteiger partial charge in [0.15, 0.2) is 0 Å². The molecule has 2 aliphatic rings. The number of carboxylic acids is 1. The van der Waals surface area contributed by atoms with Crippen LogP contribution in [0, 0.1) is 5.41 Å². The molecule has 2 fully saturated rings. The van der Waals surface area contributed by atoms with Crippen LogP contribution in [0.25, 0.3) is 10.9 Å². The molecule has 168 valence electrons. The van der Waals surface area contributed by atoms with E-state index >= 15 is 0 Å². The number of hydrogen-bond donors (Lipinski definition) is 2. The quantitative estimate of drug-likeness (QED) is 0.764. The minimum Gasteiger partial charge on any atom is -0.475 e. The van der Waals surface area contributed by atoms with Crippen molar-refractivity contribution in [3.63, 3.8) is 0 Å². The Morgan fingerprint density at radius 1 is 1.29 bits per heavy atom. The molecule has 2 atom stereocenters. The molecule has 7 nitrogen and oxygen atoms in total. The van der Waals surface area contributed by atoms with E-state index in [-0.39, 0.29) is 12.0 Å². The highest BCUT2D eigenvalue weighted by Crippen LogP contribution is 2.41. The van der Waals surface area contributed by atoms with Crippen molar-refractivity contribution >= 4 is 22.8 Å². The van der Waals surface area contributed by atoms with E-state index in [2.05, 4.69) is 28.4 Å². The Kier molecular flexibility index (Phi) is 6.80. The monoisotopic (exact) mass is 439 g/mol. The van der Waals surface area contributed by atoms with Gasteiger partial charge >= 0.3 is 12.1 Å². The molecule has 0 aliphatic carbocycles. The zero-order valence-corrected chi connectivity index (χ0v) is 17.0. The van der Waals surface area contributed by atoms with Crippen LogP contribution in [0.3, 0.4) is 0 Å². The predicted molar refractivity (Wildman–Crippen MR) is 106 cm³/mol. The first kappa shape index (κ1) is 23.0. The number of aliphatic carboxylic acids is 1. The number of alkyl halides is 3. The number of nitrogens with one attached hydrogen (secondary N) is 1. The van der Waals surface area contributed by atoms with E-state index in [1.165, 1.54) is 0 Å². The molecule has 31 heavy (non-hydrogen) atoms. The van der Waals surface area contributed by atoms with Crippen molar-refractivity contribution in [1.29, 1.82) is 0 Å². The number of benzene rings is 1. The highest BCUT2D eigenvalue weighted by atomic mass is 19.4. The lowest BCUT2D eigenvalue weighted by atomic mass is 9.75. The molecule has 1 aromatic heterocycles. The van der Waals surface area contributed by atoms with Crippen LogP contribution in [0.5, 0.6) is 0 Å². The molecule has 10 heteroatoms. The van der Waals surface area contributed by atoms with Crippen LogP contribution >= 0.6 is 0 Å². The number of likely N-dealkylation sites (tertiary alicyclic amines) is 1. The summed E-state index contributed by atoms with van der Waals surface area (Å²) in [5.41, 5.74) is 1.68. The number of piperidine rings is 1. The molecule has 1 aromatic carbocycles. The van der Waals surface area contributed by atoms with Gasteiger partial charge in [0.25, 0.3) is 0 Å². The second-order valence-electron chi connectivity index (χ2n) is 7.64. The van der Waals surface area contributed by atoms with Crippen molar-refractivity contribution in [2.24, 2.45) is 5.41 Å². The van der Waals surface area contributed by atoms with Crippen molar-refractivity contribution < 1.29 is 32.6 Å². The fourth-order valence-corrected chi connectivity index (χ4v) is 4.16. The number of aromatic nitrogens is 1. The van der Waals surface area contributed by atoms with Crippen molar-refractivity contribution in [1.82, 2.24) is 15.2 Å². The lowest BCUT2D eigenvalue weighted by Gasteiger charge is -2.42. The number of carboxylic acid groups (broad SMARTS) is 1. The molecule has 2 aromatic rings. The molecule has 0 unspecified atom stereocenters. The fourth-order valence-electron chi connectivity index (χ4n) is 4.16. The molecule has 0 bridgehead atoms. The third-order valence-electron chi connectivity index (χ3n) is 5.66. The molecular weight excluding hydrogens is 415 g/mol. The van der Waals surface area contributed by atoms with Gasteiger partial charge < -0.3 is 15.2 Å². The Balaban J connectivity index is 0.000000339. The lowest BCUT2D eigenvalue weighted by molar-refractivity contribution is -0.192. The highest BCUT2D eigenvalue weighted by Gasteiger charge is 2.52. The summed E-state index contributed by atoms with van der Waals surface area (Å²) >= 11 is 0. The summed E-state index contributed by atoms with van der Waals surface area (Å²) in [4.78, 5) is 28.5. The average Bonchev–Trinajstić information content (AvgIpc) is 3.17. The van der Waals surface area contributed by atoms with Crippen molar-refractivity contribution in [2.45, 2.75) is 31.7 Å². The van der Waals surface area contributed by atoms with E-state index in [1.54, 1.807) is 7.05 Å². The Morgan fingerprint density at radius 3 is 2.68 bits per heavy atom. The van der Waals surface area contributed by atoms with Gasteiger partial charge in [-0.2, -0.15) is 13.2 Å². The highest BCUT2D eigenvalue weighted by molar-refractivity contribution is 5.84. The van der Waals surface area contributed by atoms with E-state index in [0.717, 1.165) is 49.1 Å². The first-order valence-corrected chi connectivity index (χ1v) is 9.86. The first-order chi connectivity index (χ1) is 14.7. The van der Waals surface area contributed by atoms with Gasteiger partial charge in [0.1, 0.15) is 0 Å². The number of halogens is 3. The molecule has 2 aliphatic heterocycles. The Labute approximate surface area is 177 Å². The predicted octanol–water partition coefficient (Wildman–Crippen LogP) is 2.60. The molecule has 0 saturated carbocycles. The van der Waals surface area contributed by atoms with Crippen molar-refractivity contribution in [2.75, 3.05) is 26.7 Å². The Morgan fingerprint density at radius 2 is 2.00 bits per heavy atom. The first-order valence-electron chi connectivity index (χ1n) is 9.86. The number of pyridine rings is 1. The number of nitrogens with zero attached hydrogens (tertiary/aromatic N) is 2. The average molecular weight is 439 g/mol. The van der Waals surface area contributed by atoms with E-state index in [1.807, 2.05) is 18.2 Å². The molecule has 2 saturated heterocycles. The van der Waals surface area contributed by atoms with E-state index < -0.39 is 17.6 Å². The lowest BCUT2D eigenvalue weighted by Crippen LogP contribution is -2.56. The van der Waals surface area contributed by atoms with Crippen LogP contribution < -0.4 is 5.32 Å². The largest absolute Gasteiger partial charge is 0.490 e. The molecular formula is C21H24F3N3O4. The van der Waals surface area contributed by atoms with Crippen LogP contribution in [0.4, 0.5) is 13.2 Å². The maximum atomic E-state index is 12.5. The molecule has 1 amide bonds. The van der Waals surface area contributed by atoms with Crippen LogP contribution in [-0.2, 0) is 20.9 Å². The van der Waals surface area contributed by atoms with Crippen LogP contribution in [0.1, 0.15) is 18.5 Å². The van der Waals surface area contributed by atoms with Gasteiger partial charge in [0.05, 0.1) is 22.7 Å². The van der Waals surface area contributed by atoms with Gasteiger partial charge in [-0.15, -0.1) is 0 Å². The van der Waals surface area contributed by atoms with E-state index in [9.17, 15) is 18.0 Å². The number of rotatable bonds is 3. The minimum atomic E-state index is -5.08. The zero-order valence-electron chi connectivity index (χ0n) is 17.0. The topological polar surface area (TPSA) is 91.8 Å². The number of fused-ring (bicyclic) bond motifs is 2. The number of amides is 1. The van der Waals surface area contributed by atoms with E-state index in [0.29, 0.717) is 6.61 Å². The smallest absolute Gasteiger partial charge is 0.475 e. The molecule has 2 N–H and O–H groups in total. The summed E-state index contributed by atoms with van der Waals surface area (Å²) in [5.74, 6) is -2.64. The summed E-state index contributed by atoms with van der Waals surface area (Å²) in [6.45, 7) is 3.14. The van der Waals surface area contributed by atoms with Gasteiger partial charge in [-0.05, 0) is 25.0 Å². The maximum Gasteiger partial charge on any atom is 0.490 e. The third-order valence-corrected chi connectivity index (χ3v) is 5.66. The number of carbonyl (C=O) groups excluding carboxylic acids is 1. The summed E-state index contributed by atoms with van der Waals surface area (Å²) in [5, 5.41) is 11.1. The third kappa shape index (κ3) is 5.13. The number of ether oxygens (including phenoxy) is 1. The summed E-state index contributed by atoms with van der Waals surface area (Å²) in [7, 11) is 1.72. The van der Waals surface area contributed by atoms with Crippen LogP contribution in [0.15, 0.2) is 36.4 Å². The number of hydrogen-bond acceptors (Lipinski definition) is 5. The molecule has 0 spiro atoms. The van der Waals surface area contributed by atoms with Gasteiger partial charge in [0, 0.05) is 38.7 Å². The van der Waals surface area contributed by atoms with Gasteiger partial charge in [0.2, 0.25) is 5.91 Å². The number of para-hydroxylation sites is 1. The fraction of sp³-hybridized carbons (Fsp3) is 0.476. The van der Waals surface area contributed by atoms with Crippen molar-refractivity contribution in [3.8, 4) is 0 Å².